The molecule has 1 saturated heterocycles. The van der Waals surface area contributed by atoms with Gasteiger partial charge < -0.3 is 29.7 Å². The first kappa shape index (κ1) is 21.4. The molecular formula is C20H30F2N4O3. The lowest BCUT2D eigenvalue weighted by Gasteiger charge is -2.32. The summed E-state index contributed by atoms with van der Waals surface area (Å²) >= 11 is 0. The lowest BCUT2D eigenvalue weighted by Crippen LogP contribution is -2.44. The molecule has 0 radical (unpaired) electrons. The number of ether oxygens (including phenoxy) is 3. The Morgan fingerprint density at radius 1 is 1.28 bits per heavy atom. The summed E-state index contributed by atoms with van der Waals surface area (Å²) < 4.78 is 40.9. The third-order valence-electron chi connectivity index (χ3n) is 5.13. The van der Waals surface area contributed by atoms with Crippen LogP contribution >= 0.6 is 0 Å². The second kappa shape index (κ2) is 10.5. The number of aliphatic imine (C=N–C) groups is 1. The molecule has 1 unspecified atom stereocenters. The van der Waals surface area contributed by atoms with E-state index in [2.05, 4.69) is 32.2 Å². The molecule has 0 bridgehead atoms. The first-order valence-corrected chi connectivity index (χ1v) is 10.2. The predicted octanol–water partition coefficient (Wildman–Crippen LogP) is 2.80. The van der Waals surface area contributed by atoms with Crippen molar-refractivity contribution in [1.82, 2.24) is 15.5 Å². The van der Waals surface area contributed by atoms with E-state index in [0.29, 0.717) is 35.5 Å². The SMILES string of the molecule is CCNC(=NCc1cc2c(cc1OC(F)F)OCO2)NCC1CCCN(CC)C1. The van der Waals surface area contributed by atoms with E-state index in [9.17, 15) is 8.78 Å². The average molecular weight is 412 g/mol. The molecule has 9 heteroatoms. The Labute approximate surface area is 170 Å². The van der Waals surface area contributed by atoms with E-state index in [1.54, 1.807) is 6.07 Å². The van der Waals surface area contributed by atoms with Crippen LogP contribution in [0.2, 0.25) is 0 Å². The Bertz CT molecular complexity index is 703. The number of benzene rings is 1. The quantitative estimate of drug-likeness (QED) is 0.506. The molecule has 1 fully saturated rings. The van der Waals surface area contributed by atoms with Gasteiger partial charge in [-0.1, -0.05) is 6.92 Å². The van der Waals surface area contributed by atoms with Crippen molar-refractivity contribution in [3.8, 4) is 17.2 Å². The maximum atomic E-state index is 12.8. The highest BCUT2D eigenvalue weighted by Crippen LogP contribution is 2.39. The Kier molecular flexibility index (Phi) is 7.74. The Balaban J connectivity index is 1.66. The number of hydrogen-bond acceptors (Lipinski definition) is 5. The summed E-state index contributed by atoms with van der Waals surface area (Å²) in [6, 6.07) is 3.08. The molecule has 1 aromatic carbocycles. The van der Waals surface area contributed by atoms with Gasteiger partial charge in [0.2, 0.25) is 6.79 Å². The van der Waals surface area contributed by atoms with Gasteiger partial charge in [-0.15, -0.1) is 0 Å². The Morgan fingerprint density at radius 2 is 2.07 bits per heavy atom. The van der Waals surface area contributed by atoms with E-state index in [0.717, 1.165) is 26.2 Å². The second-order valence-electron chi connectivity index (χ2n) is 7.17. The van der Waals surface area contributed by atoms with Gasteiger partial charge in [0.15, 0.2) is 17.5 Å². The summed E-state index contributed by atoms with van der Waals surface area (Å²) in [6.45, 7) is 6.35. The van der Waals surface area contributed by atoms with Crippen molar-refractivity contribution < 1.29 is 23.0 Å². The largest absolute Gasteiger partial charge is 0.454 e. The van der Waals surface area contributed by atoms with E-state index in [-0.39, 0.29) is 19.1 Å². The van der Waals surface area contributed by atoms with Crippen molar-refractivity contribution in [2.75, 3.05) is 39.5 Å². The molecule has 0 aromatic heterocycles. The highest BCUT2D eigenvalue weighted by molar-refractivity contribution is 5.79. The molecule has 0 aliphatic carbocycles. The molecule has 1 aromatic rings. The normalized spacial score (nSPS) is 19.5. The minimum atomic E-state index is -2.92. The third kappa shape index (κ3) is 6.09. The van der Waals surface area contributed by atoms with Gasteiger partial charge in [-0.2, -0.15) is 8.78 Å². The molecule has 0 amide bonds. The number of guanidine groups is 1. The number of halogens is 2. The molecule has 2 aliphatic rings. The minimum absolute atomic E-state index is 0.0507. The number of alkyl halides is 2. The number of nitrogens with one attached hydrogen (secondary N) is 2. The van der Waals surface area contributed by atoms with Crippen molar-refractivity contribution in [3.63, 3.8) is 0 Å². The van der Waals surface area contributed by atoms with Crippen LogP contribution < -0.4 is 24.8 Å². The van der Waals surface area contributed by atoms with Crippen LogP contribution in [0.3, 0.4) is 0 Å². The fourth-order valence-electron chi connectivity index (χ4n) is 3.65. The van der Waals surface area contributed by atoms with Crippen LogP contribution in [0.25, 0.3) is 0 Å². The van der Waals surface area contributed by atoms with Crippen molar-refractivity contribution in [2.45, 2.75) is 39.8 Å². The van der Waals surface area contributed by atoms with Gasteiger partial charge in [-0.3, -0.25) is 0 Å². The highest BCUT2D eigenvalue weighted by atomic mass is 19.3. The van der Waals surface area contributed by atoms with Crippen molar-refractivity contribution in [1.29, 1.82) is 0 Å². The molecule has 0 spiro atoms. The standard InChI is InChI=1S/C20H30F2N4O3/c1-3-23-20(24-10-14-6-5-7-26(4-2)12-14)25-11-15-8-17-18(28-13-27-17)9-16(15)29-19(21)22/h8-9,14,19H,3-7,10-13H2,1-2H3,(H2,23,24,25). The maximum Gasteiger partial charge on any atom is 0.387 e. The molecule has 2 N–H and O–H groups in total. The summed E-state index contributed by atoms with van der Waals surface area (Å²) in [4.78, 5) is 7.02. The first-order chi connectivity index (χ1) is 14.1. The number of likely N-dealkylation sites (tertiary alicyclic amines) is 1. The molecular weight excluding hydrogens is 382 g/mol. The zero-order valence-electron chi connectivity index (χ0n) is 17.0. The van der Waals surface area contributed by atoms with Crippen LogP contribution in [0.4, 0.5) is 8.78 Å². The van der Waals surface area contributed by atoms with Gasteiger partial charge in [0.25, 0.3) is 0 Å². The summed E-state index contributed by atoms with van der Waals surface area (Å²) in [5, 5.41) is 6.60. The smallest absolute Gasteiger partial charge is 0.387 e. The summed E-state index contributed by atoms with van der Waals surface area (Å²) in [7, 11) is 0. The number of rotatable bonds is 8. The topological polar surface area (TPSA) is 67.4 Å². The van der Waals surface area contributed by atoms with E-state index in [4.69, 9.17) is 9.47 Å². The van der Waals surface area contributed by atoms with Crippen molar-refractivity contribution in [3.05, 3.63) is 17.7 Å². The van der Waals surface area contributed by atoms with Crippen molar-refractivity contribution in [2.24, 2.45) is 10.9 Å². The molecule has 7 nitrogen and oxygen atoms in total. The van der Waals surface area contributed by atoms with Crippen LogP contribution in [0, 0.1) is 5.92 Å². The van der Waals surface area contributed by atoms with Gasteiger partial charge in [0.1, 0.15) is 5.75 Å². The third-order valence-corrected chi connectivity index (χ3v) is 5.13. The van der Waals surface area contributed by atoms with E-state index >= 15 is 0 Å². The van der Waals surface area contributed by atoms with Crippen LogP contribution in [0.15, 0.2) is 17.1 Å². The predicted molar refractivity (Wildman–Crippen MR) is 107 cm³/mol. The van der Waals surface area contributed by atoms with Gasteiger partial charge in [-0.05, 0) is 44.8 Å². The summed E-state index contributed by atoms with van der Waals surface area (Å²) in [5.41, 5.74) is 0.515. The molecule has 29 heavy (non-hydrogen) atoms. The summed E-state index contributed by atoms with van der Waals surface area (Å²) in [6.07, 6.45) is 2.40. The second-order valence-corrected chi connectivity index (χ2v) is 7.17. The number of nitrogens with zero attached hydrogens (tertiary/aromatic N) is 2. The fraction of sp³-hybridized carbons (Fsp3) is 0.650. The zero-order valence-corrected chi connectivity index (χ0v) is 17.0. The van der Waals surface area contributed by atoms with Crippen LogP contribution in [0.1, 0.15) is 32.3 Å². The molecule has 1 atom stereocenters. The molecule has 3 rings (SSSR count). The number of piperidine rings is 1. The maximum absolute atomic E-state index is 12.8. The Morgan fingerprint density at radius 3 is 2.79 bits per heavy atom. The number of hydrogen-bond donors (Lipinski definition) is 2. The van der Waals surface area contributed by atoms with Gasteiger partial charge >= 0.3 is 6.61 Å². The molecule has 162 valence electrons. The lowest BCUT2D eigenvalue weighted by molar-refractivity contribution is -0.0505. The Hall–Kier alpha value is -2.29. The van der Waals surface area contributed by atoms with Crippen LogP contribution in [0.5, 0.6) is 17.2 Å². The molecule has 2 heterocycles. The fourth-order valence-corrected chi connectivity index (χ4v) is 3.65. The van der Waals surface area contributed by atoms with E-state index in [1.165, 1.54) is 18.9 Å². The molecule has 2 aliphatic heterocycles. The van der Waals surface area contributed by atoms with E-state index < -0.39 is 6.61 Å². The van der Waals surface area contributed by atoms with Crippen molar-refractivity contribution >= 4 is 5.96 Å². The summed E-state index contributed by atoms with van der Waals surface area (Å²) in [5.74, 6) is 2.18. The zero-order chi connectivity index (χ0) is 20.6. The van der Waals surface area contributed by atoms with Crippen LogP contribution in [-0.2, 0) is 6.54 Å². The van der Waals surface area contributed by atoms with Gasteiger partial charge in [0, 0.05) is 31.3 Å². The monoisotopic (exact) mass is 412 g/mol. The van der Waals surface area contributed by atoms with Crippen LogP contribution in [-0.4, -0.2) is 57.0 Å². The van der Waals surface area contributed by atoms with E-state index in [1.807, 2.05) is 6.92 Å². The number of fused-ring (bicyclic) bond motifs is 1. The minimum Gasteiger partial charge on any atom is -0.454 e. The molecule has 0 saturated carbocycles. The highest BCUT2D eigenvalue weighted by Gasteiger charge is 2.21. The van der Waals surface area contributed by atoms with Gasteiger partial charge in [0.05, 0.1) is 6.54 Å². The average Bonchev–Trinajstić information content (AvgIpc) is 3.17. The van der Waals surface area contributed by atoms with Gasteiger partial charge in [-0.25, -0.2) is 4.99 Å². The first-order valence-electron chi connectivity index (χ1n) is 10.2. The lowest BCUT2D eigenvalue weighted by atomic mass is 9.98.